The van der Waals surface area contributed by atoms with Crippen LogP contribution < -0.4 is 22.5 Å². The average molecular weight is 1210 g/mol. The van der Waals surface area contributed by atoms with Gasteiger partial charge in [0.15, 0.2) is 25.2 Å². The summed E-state index contributed by atoms with van der Waals surface area (Å²) in [5.41, 5.74) is 16.7. The third-order valence-corrected chi connectivity index (χ3v) is 19.2. The molecule has 7 N–H and O–H groups in total. The fraction of sp³-hybridized carbons (Fsp3) is 0.792. The third-order valence-electron chi connectivity index (χ3n) is 13.7. The van der Waals surface area contributed by atoms with Gasteiger partial charge in [0, 0.05) is 79.2 Å². The lowest BCUT2D eigenvalue weighted by Gasteiger charge is -2.43. The molecule has 0 bridgehead atoms. The standard InChI is InChI=1S/C22H33N3O9S2.C19H22N2O12.C7H16N2S2/c23-22(13-35-36-14-22)5-1-2-6-24-15(26)7-19-30-9-21(10-31-19)11-32-20(33-12-21)8-18(29)34-25-16(27)3-4-17(25)28;22-11-1-2-12(23)20(11)32-15(26)5-17-28-7-19(8-29-17)9-30-18(31-10-19)6-16(27)33-21-13(24)3-4-14(21)25;8-4-2-1-3-7(9)5-10-11-6-7/h19-20H,1-14,23H2,(H,24,26);17-18H,1-10H2;1-6,8-9H2. The van der Waals surface area contributed by atoms with Gasteiger partial charge in [-0.05, 0) is 38.6 Å². The van der Waals surface area contributed by atoms with Crippen LogP contribution in [0.1, 0.15) is 103 Å². The van der Waals surface area contributed by atoms with Gasteiger partial charge in [-0.1, -0.05) is 49.6 Å². The fourth-order valence-corrected chi connectivity index (χ4v) is 15.1. The minimum absolute atomic E-state index is 0.00170. The normalized spacial score (nSPS) is 29.1. The Labute approximate surface area is 477 Å². The maximum absolute atomic E-state index is 12.2. The molecular weight excluding hydrogens is 1140 g/mol. The van der Waals surface area contributed by atoms with Crippen LogP contribution in [0.2, 0.25) is 0 Å². The zero-order chi connectivity index (χ0) is 57.3. The zero-order valence-electron chi connectivity index (χ0n) is 44.3. The highest BCUT2D eigenvalue weighted by molar-refractivity contribution is 8.77. The maximum atomic E-state index is 12.2. The van der Waals surface area contributed by atoms with Crippen molar-refractivity contribution in [3.05, 3.63) is 0 Å². The van der Waals surface area contributed by atoms with E-state index in [1.54, 1.807) is 0 Å². The summed E-state index contributed by atoms with van der Waals surface area (Å²) in [6.07, 6.45) is 2.16. The number of nitrogens with one attached hydrogen (secondary N) is 1. The van der Waals surface area contributed by atoms with Gasteiger partial charge in [-0.25, -0.2) is 14.4 Å². The lowest BCUT2D eigenvalue weighted by Crippen LogP contribution is -2.53. The van der Waals surface area contributed by atoms with Crippen molar-refractivity contribution in [1.82, 2.24) is 20.5 Å². The molecule has 80 heavy (non-hydrogen) atoms. The monoisotopic (exact) mass is 1210 g/mol. The molecule has 0 saturated carbocycles. The van der Waals surface area contributed by atoms with E-state index in [1.165, 1.54) is 6.42 Å². The van der Waals surface area contributed by atoms with Crippen LogP contribution in [0.25, 0.3) is 0 Å². The number of ether oxygens (including phenoxy) is 8. The number of carbonyl (C=O) groups excluding carboxylic acids is 10. The molecule has 0 radical (unpaired) electrons. The number of nitrogens with zero attached hydrogens (tertiary/aromatic N) is 3. The van der Waals surface area contributed by atoms with Gasteiger partial charge in [0.25, 0.3) is 35.4 Å². The Morgan fingerprint density at radius 1 is 0.450 bits per heavy atom. The van der Waals surface area contributed by atoms with Crippen molar-refractivity contribution in [3.8, 4) is 0 Å². The molecule has 9 aliphatic heterocycles. The van der Waals surface area contributed by atoms with Gasteiger partial charge < -0.3 is 74.9 Å². The molecule has 2 spiro atoms. The zero-order valence-corrected chi connectivity index (χ0v) is 47.6. The van der Waals surface area contributed by atoms with E-state index in [2.05, 4.69) is 5.32 Å². The van der Waals surface area contributed by atoms with Crippen LogP contribution in [0.4, 0.5) is 0 Å². The molecule has 0 unspecified atom stereocenters. The minimum Gasteiger partial charge on any atom is -0.356 e. The molecule has 0 aromatic heterocycles. The molecule has 9 saturated heterocycles. The topological polar surface area (TPSA) is 372 Å². The predicted octanol–water partition coefficient (Wildman–Crippen LogP) is 0.406. The van der Waals surface area contributed by atoms with Crippen molar-refractivity contribution >= 4 is 102 Å². The summed E-state index contributed by atoms with van der Waals surface area (Å²) in [6.45, 7) is 2.92. The maximum Gasteiger partial charge on any atom is 0.338 e. The summed E-state index contributed by atoms with van der Waals surface area (Å²) in [4.78, 5) is 132. The van der Waals surface area contributed by atoms with Gasteiger partial charge in [0.05, 0.1) is 89.4 Å². The van der Waals surface area contributed by atoms with Gasteiger partial charge >= 0.3 is 17.9 Å². The number of hydroxylamine groups is 6. The van der Waals surface area contributed by atoms with Gasteiger partial charge in [-0.3, -0.25) is 33.6 Å². The Morgan fingerprint density at radius 3 is 1.01 bits per heavy atom. The highest BCUT2D eigenvalue weighted by Gasteiger charge is 2.46. The summed E-state index contributed by atoms with van der Waals surface area (Å²) in [6, 6.07) is 0. The summed E-state index contributed by atoms with van der Waals surface area (Å²) in [5, 5.41) is 4.31. The van der Waals surface area contributed by atoms with Crippen molar-refractivity contribution in [2.24, 2.45) is 28.0 Å². The Kier molecular flexibility index (Phi) is 24.1. The molecule has 9 fully saturated rings. The smallest absolute Gasteiger partial charge is 0.338 e. The molecule has 32 heteroatoms. The number of amides is 7. The largest absolute Gasteiger partial charge is 0.356 e. The van der Waals surface area contributed by atoms with Crippen LogP contribution in [-0.4, -0.2) is 200 Å². The molecule has 0 atom stereocenters. The van der Waals surface area contributed by atoms with E-state index in [0.717, 1.165) is 61.7 Å². The highest BCUT2D eigenvalue weighted by atomic mass is 33.1. The van der Waals surface area contributed by atoms with Crippen LogP contribution >= 0.6 is 43.2 Å². The molecule has 9 heterocycles. The quantitative estimate of drug-likeness (QED) is 0.0728. The minimum atomic E-state index is -0.931. The van der Waals surface area contributed by atoms with E-state index in [4.69, 9.17) is 69.6 Å². The molecular formula is C48H71N7O21S4. The second kappa shape index (κ2) is 30.2. The van der Waals surface area contributed by atoms with Crippen molar-refractivity contribution in [2.45, 2.75) is 139 Å². The number of carbonyl (C=O) groups is 10. The number of hydrogen-bond acceptors (Lipinski definition) is 28. The summed E-state index contributed by atoms with van der Waals surface area (Å²) >= 11 is 0. The molecule has 0 aromatic carbocycles. The molecule has 9 aliphatic rings. The van der Waals surface area contributed by atoms with Crippen LogP contribution in [0.3, 0.4) is 0 Å². The van der Waals surface area contributed by atoms with Crippen LogP contribution in [-0.2, 0) is 100 Å². The Morgan fingerprint density at radius 2 is 0.725 bits per heavy atom. The summed E-state index contributed by atoms with van der Waals surface area (Å²) in [7, 11) is 7.44. The lowest BCUT2D eigenvalue weighted by atomic mass is 9.90. The molecule has 28 nitrogen and oxygen atoms in total. The van der Waals surface area contributed by atoms with E-state index in [9.17, 15) is 47.9 Å². The van der Waals surface area contributed by atoms with E-state index < -0.39 is 89.3 Å². The predicted molar refractivity (Wildman–Crippen MR) is 281 cm³/mol. The lowest BCUT2D eigenvalue weighted by molar-refractivity contribution is -0.304. The van der Waals surface area contributed by atoms with Gasteiger partial charge in [0.1, 0.15) is 0 Å². The first-order valence-corrected chi connectivity index (χ1v) is 31.4. The first kappa shape index (κ1) is 63.8. The SMILES string of the molecule is NC1(CCCCNC(=O)CC2OCC3(CO2)COC(CC(=O)ON2C(=O)CCC2=O)OC3)CSSC1.NCCCCC1(N)CSSC1.O=C(CC1OCC2(CO1)COC(CC(=O)ON1C(=O)CCC1=O)OC2)ON1C(=O)CCC1=O. The van der Waals surface area contributed by atoms with Crippen molar-refractivity contribution in [2.75, 3.05) is 89.0 Å². The number of rotatable bonds is 20. The molecule has 448 valence electrons. The van der Waals surface area contributed by atoms with E-state index in [0.29, 0.717) is 21.7 Å². The van der Waals surface area contributed by atoms with Crippen molar-refractivity contribution < 1.29 is 100 Å². The van der Waals surface area contributed by atoms with Crippen LogP contribution in [0.5, 0.6) is 0 Å². The van der Waals surface area contributed by atoms with Gasteiger partial charge in [-0.2, -0.15) is 0 Å². The second-order valence-corrected chi connectivity index (χ2v) is 25.9. The fourth-order valence-electron chi connectivity index (χ4n) is 8.80. The van der Waals surface area contributed by atoms with Gasteiger partial charge in [-0.15, -0.1) is 15.2 Å². The summed E-state index contributed by atoms with van der Waals surface area (Å²) in [5.74, 6) is -1.81. The highest BCUT2D eigenvalue weighted by Crippen LogP contribution is 2.40. The first-order chi connectivity index (χ1) is 38.3. The Hall–Kier alpha value is -3.74. The van der Waals surface area contributed by atoms with E-state index in [-0.39, 0.29) is 134 Å². The van der Waals surface area contributed by atoms with E-state index in [1.807, 2.05) is 43.2 Å². The molecule has 0 aromatic rings. The molecule has 7 amide bonds. The number of hydrogen-bond donors (Lipinski definition) is 4. The number of nitrogens with two attached hydrogens (primary N) is 3. The average Bonchev–Trinajstić information content (AvgIpc) is 4.30. The van der Waals surface area contributed by atoms with Crippen molar-refractivity contribution in [3.63, 3.8) is 0 Å². The Balaban J connectivity index is 0.000000195. The van der Waals surface area contributed by atoms with Crippen LogP contribution in [0, 0.1) is 10.8 Å². The van der Waals surface area contributed by atoms with E-state index >= 15 is 0 Å². The molecule has 9 rings (SSSR count). The first-order valence-electron chi connectivity index (χ1n) is 26.4. The number of unbranched alkanes of at least 4 members (excludes halogenated alkanes) is 2. The van der Waals surface area contributed by atoms with Gasteiger partial charge in [0.2, 0.25) is 5.91 Å². The molecule has 0 aliphatic carbocycles. The Bertz CT molecular complexity index is 2090. The summed E-state index contributed by atoms with van der Waals surface area (Å²) < 4.78 is 44.9. The van der Waals surface area contributed by atoms with Crippen molar-refractivity contribution in [1.29, 1.82) is 0 Å². The van der Waals surface area contributed by atoms with Crippen LogP contribution in [0.15, 0.2) is 0 Å². The third kappa shape index (κ3) is 19.2. The number of imide groups is 3. The second-order valence-electron chi connectivity index (χ2n) is 21.0.